The van der Waals surface area contributed by atoms with E-state index in [1.807, 2.05) is 0 Å². The highest BCUT2D eigenvalue weighted by atomic mass is 35.5. The Kier molecular flexibility index (Phi) is 4.74. The number of nitrogens with zero attached hydrogens (tertiary/aromatic N) is 2. The lowest BCUT2D eigenvalue weighted by atomic mass is 10.1. The third-order valence-electron chi connectivity index (χ3n) is 4.47. The molecule has 3 aromatic rings. The fourth-order valence-corrected chi connectivity index (χ4v) is 4.37. The van der Waals surface area contributed by atoms with Crippen LogP contribution in [-0.4, -0.2) is 28.0 Å². The van der Waals surface area contributed by atoms with Gasteiger partial charge < -0.3 is 10.6 Å². The molecule has 0 saturated heterocycles. The Morgan fingerprint density at radius 2 is 2.12 bits per heavy atom. The van der Waals surface area contributed by atoms with Gasteiger partial charge in [-0.3, -0.25) is 4.79 Å². The van der Waals surface area contributed by atoms with Gasteiger partial charge in [-0.15, -0.1) is 0 Å². The van der Waals surface area contributed by atoms with Gasteiger partial charge in [0, 0.05) is 18.3 Å². The van der Waals surface area contributed by atoms with Crippen LogP contribution in [0.15, 0.2) is 36.5 Å². The topological polar surface area (TPSA) is 66.9 Å². The van der Waals surface area contributed by atoms with Crippen molar-refractivity contribution in [2.45, 2.75) is 31.3 Å². The predicted octanol–water partition coefficient (Wildman–Crippen LogP) is 4.25. The third-order valence-corrected chi connectivity index (χ3v) is 5.72. The molecule has 1 aliphatic carbocycles. The molecule has 5 nitrogen and oxygen atoms in total. The molecule has 0 aliphatic heterocycles. The molecule has 0 unspecified atom stereocenters. The van der Waals surface area contributed by atoms with Crippen LogP contribution in [0.3, 0.4) is 0 Å². The van der Waals surface area contributed by atoms with Gasteiger partial charge in [0.25, 0.3) is 5.91 Å². The van der Waals surface area contributed by atoms with Gasteiger partial charge in [0.1, 0.15) is 11.5 Å². The van der Waals surface area contributed by atoms with E-state index in [0.717, 1.165) is 34.6 Å². The maximum absolute atomic E-state index is 13.3. The summed E-state index contributed by atoms with van der Waals surface area (Å²) in [5, 5.41) is 7.47. The van der Waals surface area contributed by atoms with Gasteiger partial charge in [0.05, 0.1) is 15.2 Å². The van der Waals surface area contributed by atoms with E-state index in [1.54, 1.807) is 24.4 Å². The van der Waals surface area contributed by atoms with Gasteiger partial charge in [0.15, 0.2) is 5.13 Å². The normalized spacial score (nSPS) is 19.6. The zero-order valence-electron chi connectivity index (χ0n) is 13.7. The minimum absolute atomic E-state index is 0.0377. The highest BCUT2D eigenvalue weighted by molar-refractivity contribution is 7.22. The van der Waals surface area contributed by atoms with Gasteiger partial charge in [-0.05, 0) is 49.6 Å². The Morgan fingerprint density at radius 3 is 2.96 bits per heavy atom. The summed E-state index contributed by atoms with van der Waals surface area (Å²) in [5.74, 6) is -0.549. The summed E-state index contributed by atoms with van der Waals surface area (Å²) in [6.07, 6.45) is 4.34. The standard InChI is InChI=1S/C18H16ClFN4OS/c19-11-3-2-8-21-16(11)17(25)22-12-4-1-5-13(12)23-18-24-14-7-6-10(20)9-15(14)26-18/h2-3,6-9,12-13H,1,4-5H2,(H,22,25)(H,23,24)/t12-,13-/m0/s1. The number of aromatic nitrogens is 2. The Labute approximate surface area is 158 Å². The Balaban J connectivity index is 1.47. The SMILES string of the molecule is O=C(N[C@H]1CCC[C@@H]1Nc1nc2ccc(F)cc2s1)c1ncccc1Cl. The Bertz CT molecular complexity index is 963. The number of benzene rings is 1. The molecule has 1 amide bonds. The van der Waals surface area contributed by atoms with Gasteiger partial charge in [-0.2, -0.15) is 0 Å². The molecule has 1 saturated carbocycles. The lowest BCUT2D eigenvalue weighted by molar-refractivity contribution is 0.0931. The number of amides is 1. The molecule has 0 radical (unpaired) electrons. The number of halogens is 2. The lowest BCUT2D eigenvalue weighted by Crippen LogP contribution is -2.43. The molecule has 1 aromatic carbocycles. The van der Waals surface area contributed by atoms with E-state index in [0.29, 0.717) is 5.02 Å². The van der Waals surface area contributed by atoms with Crippen molar-refractivity contribution < 1.29 is 9.18 Å². The summed E-state index contributed by atoms with van der Waals surface area (Å²) < 4.78 is 14.1. The average molecular weight is 391 g/mol. The molecule has 134 valence electrons. The molecule has 0 spiro atoms. The molecule has 2 N–H and O–H groups in total. The van der Waals surface area contributed by atoms with Crippen molar-refractivity contribution in [3.8, 4) is 0 Å². The molecule has 2 atom stereocenters. The van der Waals surface area contributed by atoms with Gasteiger partial charge >= 0.3 is 0 Å². The van der Waals surface area contributed by atoms with Crippen LogP contribution in [-0.2, 0) is 0 Å². The first-order valence-electron chi connectivity index (χ1n) is 8.34. The van der Waals surface area contributed by atoms with E-state index >= 15 is 0 Å². The van der Waals surface area contributed by atoms with Crippen molar-refractivity contribution in [1.29, 1.82) is 0 Å². The second-order valence-corrected chi connectivity index (χ2v) is 7.66. The number of nitrogens with one attached hydrogen (secondary N) is 2. The van der Waals surface area contributed by atoms with Crippen molar-refractivity contribution in [3.05, 3.63) is 53.1 Å². The van der Waals surface area contributed by atoms with E-state index in [-0.39, 0.29) is 29.5 Å². The number of rotatable bonds is 4. The van der Waals surface area contributed by atoms with E-state index in [9.17, 15) is 9.18 Å². The second-order valence-electron chi connectivity index (χ2n) is 6.23. The number of hydrogen-bond acceptors (Lipinski definition) is 5. The van der Waals surface area contributed by atoms with E-state index in [1.165, 1.54) is 23.5 Å². The maximum Gasteiger partial charge on any atom is 0.271 e. The number of thiazole rings is 1. The zero-order valence-corrected chi connectivity index (χ0v) is 15.3. The van der Waals surface area contributed by atoms with Crippen LogP contribution in [0.5, 0.6) is 0 Å². The largest absolute Gasteiger partial charge is 0.357 e. The molecule has 26 heavy (non-hydrogen) atoms. The fraction of sp³-hybridized carbons (Fsp3) is 0.278. The molecule has 4 rings (SSSR count). The Hall–Kier alpha value is -2.25. The first-order chi connectivity index (χ1) is 12.6. The molecule has 0 bridgehead atoms. The van der Waals surface area contributed by atoms with Crippen LogP contribution in [0.25, 0.3) is 10.2 Å². The first kappa shape index (κ1) is 17.2. The monoisotopic (exact) mass is 390 g/mol. The van der Waals surface area contributed by atoms with Crippen molar-refractivity contribution in [3.63, 3.8) is 0 Å². The number of pyridine rings is 1. The van der Waals surface area contributed by atoms with Crippen LogP contribution in [0.4, 0.5) is 9.52 Å². The number of anilines is 1. The second kappa shape index (κ2) is 7.17. The molecular formula is C18H16ClFN4OS. The minimum Gasteiger partial charge on any atom is -0.357 e. The minimum atomic E-state index is -0.277. The van der Waals surface area contributed by atoms with Crippen molar-refractivity contribution in [2.75, 3.05) is 5.32 Å². The summed E-state index contributed by atoms with van der Waals surface area (Å²) in [5.41, 5.74) is 0.994. The predicted molar refractivity (Wildman–Crippen MR) is 101 cm³/mol. The highest BCUT2D eigenvalue weighted by Crippen LogP contribution is 2.30. The van der Waals surface area contributed by atoms with Crippen molar-refractivity contribution in [2.24, 2.45) is 0 Å². The maximum atomic E-state index is 13.3. The van der Waals surface area contributed by atoms with E-state index in [2.05, 4.69) is 20.6 Å². The quantitative estimate of drug-likeness (QED) is 0.699. The van der Waals surface area contributed by atoms with Gasteiger partial charge in [-0.1, -0.05) is 22.9 Å². The summed E-state index contributed by atoms with van der Waals surface area (Å²) >= 11 is 7.46. The molecule has 2 heterocycles. The Morgan fingerprint density at radius 1 is 1.27 bits per heavy atom. The van der Waals surface area contributed by atoms with E-state index in [4.69, 9.17) is 11.6 Å². The molecular weight excluding hydrogens is 375 g/mol. The fourth-order valence-electron chi connectivity index (χ4n) is 3.21. The van der Waals surface area contributed by atoms with Gasteiger partial charge in [-0.25, -0.2) is 14.4 Å². The first-order valence-corrected chi connectivity index (χ1v) is 9.53. The molecule has 1 aliphatic rings. The number of hydrogen-bond donors (Lipinski definition) is 2. The molecule has 8 heteroatoms. The number of fused-ring (bicyclic) bond motifs is 1. The average Bonchev–Trinajstić information content (AvgIpc) is 3.21. The molecule has 2 aromatic heterocycles. The van der Waals surface area contributed by atoms with Crippen molar-refractivity contribution in [1.82, 2.24) is 15.3 Å². The highest BCUT2D eigenvalue weighted by Gasteiger charge is 2.30. The van der Waals surface area contributed by atoms with Crippen LogP contribution in [0.2, 0.25) is 5.02 Å². The van der Waals surface area contributed by atoms with E-state index < -0.39 is 0 Å². The smallest absolute Gasteiger partial charge is 0.271 e. The zero-order chi connectivity index (χ0) is 18.1. The van der Waals surface area contributed by atoms with Crippen LogP contribution in [0, 0.1) is 5.82 Å². The lowest BCUT2D eigenvalue weighted by Gasteiger charge is -2.21. The number of carbonyl (C=O) groups is 1. The van der Waals surface area contributed by atoms with Gasteiger partial charge in [0.2, 0.25) is 0 Å². The molecule has 1 fully saturated rings. The van der Waals surface area contributed by atoms with Crippen molar-refractivity contribution >= 4 is 44.2 Å². The summed E-state index contributed by atoms with van der Waals surface area (Å²) in [6, 6.07) is 7.92. The summed E-state index contributed by atoms with van der Waals surface area (Å²) in [6.45, 7) is 0. The third kappa shape index (κ3) is 3.50. The number of carbonyl (C=O) groups excluding carboxylic acids is 1. The van der Waals surface area contributed by atoms with Crippen LogP contribution >= 0.6 is 22.9 Å². The summed E-state index contributed by atoms with van der Waals surface area (Å²) in [4.78, 5) is 21.0. The van der Waals surface area contributed by atoms with Crippen LogP contribution < -0.4 is 10.6 Å². The summed E-state index contributed by atoms with van der Waals surface area (Å²) in [7, 11) is 0. The van der Waals surface area contributed by atoms with Crippen LogP contribution in [0.1, 0.15) is 29.8 Å².